The van der Waals surface area contributed by atoms with Gasteiger partial charge in [-0.15, -0.1) is 0 Å². The molecule has 0 unspecified atom stereocenters. The molecule has 0 aromatic carbocycles. The molecule has 2 rings (SSSR count). The summed E-state index contributed by atoms with van der Waals surface area (Å²) >= 11 is 0. The van der Waals surface area contributed by atoms with Crippen LogP contribution in [0.1, 0.15) is 52.4 Å². The first kappa shape index (κ1) is 13.9. The van der Waals surface area contributed by atoms with Gasteiger partial charge >= 0.3 is 0 Å². The number of carbonyl (C=O) groups is 1. The number of rotatable bonds is 3. The Bertz CT molecular complexity index is 302. The molecule has 0 aromatic rings. The minimum absolute atomic E-state index is 0.225. The Hall–Kier alpha value is -0.570. The van der Waals surface area contributed by atoms with Crippen LogP contribution in [0.2, 0.25) is 0 Å². The van der Waals surface area contributed by atoms with Gasteiger partial charge in [0.2, 0.25) is 5.91 Å². The molecule has 0 saturated heterocycles. The van der Waals surface area contributed by atoms with Gasteiger partial charge in [0.25, 0.3) is 0 Å². The van der Waals surface area contributed by atoms with E-state index < -0.39 is 0 Å². The van der Waals surface area contributed by atoms with Crippen molar-refractivity contribution in [2.24, 2.45) is 23.0 Å². The van der Waals surface area contributed by atoms with Crippen LogP contribution < -0.4 is 5.73 Å². The SMILES string of the molecule is CC1CCC(N(C)C(=O)C2(CN)CC(C)C2)CC1. The summed E-state index contributed by atoms with van der Waals surface area (Å²) in [4.78, 5) is 14.7. The molecule has 2 fully saturated rings. The van der Waals surface area contributed by atoms with Gasteiger partial charge < -0.3 is 10.6 Å². The minimum Gasteiger partial charge on any atom is -0.342 e. The molecule has 1 amide bonds. The second-order valence-corrected chi connectivity index (χ2v) is 6.83. The predicted octanol–water partition coefficient (Wildman–Crippen LogP) is 2.40. The van der Waals surface area contributed by atoms with Crippen molar-refractivity contribution in [1.29, 1.82) is 0 Å². The first-order valence-electron chi connectivity index (χ1n) is 7.46. The second-order valence-electron chi connectivity index (χ2n) is 6.83. The van der Waals surface area contributed by atoms with Crippen LogP contribution in [0.25, 0.3) is 0 Å². The highest BCUT2D eigenvalue weighted by Crippen LogP contribution is 2.46. The summed E-state index contributed by atoms with van der Waals surface area (Å²) in [6.45, 7) is 5.04. The summed E-state index contributed by atoms with van der Waals surface area (Å²) in [6, 6.07) is 0.452. The van der Waals surface area contributed by atoms with Crippen LogP contribution in [0.15, 0.2) is 0 Å². The van der Waals surface area contributed by atoms with E-state index in [4.69, 9.17) is 5.73 Å². The first-order valence-corrected chi connectivity index (χ1v) is 7.46. The molecule has 0 atom stereocenters. The number of nitrogens with two attached hydrogens (primary N) is 1. The average molecular weight is 252 g/mol. The lowest BCUT2D eigenvalue weighted by molar-refractivity contribution is -0.151. The fraction of sp³-hybridized carbons (Fsp3) is 0.933. The van der Waals surface area contributed by atoms with Crippen LogP contribution in [-0.2, 0) is 4.79 Å². The van der Waals surface area contributed by atoms with Gasteiger partial charge in [-0.2, -0.15) is 0 Å². The van der Waals surface area contributed by atoms with Crippen LogP contribution >= 0.6 is 0 Å². The Labute approximate surface area is 111 Å². The molecular weight excluding hydrogens is 224 g/mol. The Morgan fingerprint density at radius 1 is 1.17 bits per heavy atom. The summed E-state index contributed by atoms with van der Waals surface area (Å²) in [5, 5.41) is 0. The molecule has 0 heterocycles. The maximum Gasteiger partial charge on any atom is 0.230 e. The van der Waals surface area contributed by atoms with E-state index in [0.29, 0.717) is 24.4 Å². The van der Waals surface area contributed by atoms with E-state index >= 15 is 0 Å². The summed E-state index contributed by atoms with van der Waals surface area (Å²) in [5.74, 6) is 1.80. The highest BCUT2D eigenvalue weighted by molar-refractivity contribution is 5.84. The monoisotopic (exact) mass is 252 g/mol. The molecule has 0 bridgehead atoms. The quantitative estimate of drug-likeness (QED) is 0.838. The van der Waals surface area contributed by atoms with Crippen molar-refractivity contribution >= 4 is 5.91 Å². The van der Waals surface area contributed by atoms with Crippen LogP contribution in [0, 0.1) is 17.3 Å². The van der Waals surface area contributed by atoms with Crippen molar-refractivity contribution in [2.75, 3.05) is 13.6 Å². The van der Waals surface area contributed by atoms with Gasteiger partial charge in [0, 0.05) is 19.6 Å². The van der Waals surface area contributed by atoms with E-state index in [-0.39, 0.29) is 5.41 Å². The summed E-state index contributed by atoms with van der Waals surface area (Å²) in [7, 11) is 1.99. The van der Waals surface area contributed by atoms with Crippen LogP contribution in [-0.4, -0.2) is 30.4 Å². The highest BCUT2D eigenvalue weighted by atomic mass is 16.2. The van der Waals surface area contributed by atoms with E-state index in [1.165, 1.54) is 25.7 Å². The van der Waals surface area contributed by atoms with Gasteiger partial charge in [-0.05, 0) is 50.4 Å². The molecule has 104 valence electrons. The fourth-order valence-corrected chi connectivity index (χ4v) is 3.87. The van der Waals surface area contributed by atoms with Crippen LogP contribution in [0.4, 0.5) is 0 Å². The third-order valence-electron chi connectivity index (χ3n) is 5.18. The molecule has 0 radical (unpaired) electrons. The average Bonchev–Trinajstić information content (AvgIpc) is 2.34. The predicted molar refractivity (Wildman–Crippen MR) is 74.1 cm³/mol. The van der Waals surface area contributed by atoms with Crippen molar-refractivity contribution < 1.29 is 4.79 Å². The van der Waals surface area contributed by atoms with Gasteiger partial charge in [0.05, 0.1) is 5.41 Å². The largest absolute Gasteiger partial charge is 0.342 e. The first-order chi connectivity index (χ1) is 8.48. The number of nitrogens with zero attached hydrogens (tertiary/aromatic N) is 1. The third kappa shape index (κ3) is 2.42. The van der Waals surface area contributed by atoms with E-state index in [1.807, 2.05) is 11.9 Å². The van der Waals surface area contributed by atoms with Crippen molar-refractivity contribution in [3.05, 3.63) is 0 Å². The highest BCUT2D eigenvalue weighted by Gasteiger charge is 2.49. The molecule has 2 saturated carbocycles. The lowest BCUT2D eigenvalue weighted by Gasteiger charge is -2.48. The Morgan fingerprint density at radius 2 is 1.72 bits per heavy atom. The lowest BCUT2D eigenvalue weighted by atomic mass is 9.61. The molecular formula is C15H28N2O. The minimum atomic E-state index is -0.225. The van der Waals surface area contributed by atoms with Crippen molar-refractivity contribution in [1.82, 2.24) is 4.90 Å². The Morgan fingerprint density at radius 3 is 2.17 bits per heavy atom. The molecule has 0 aromatic heterocycles. The summed E-state index contributed by atoms with van der Waals surface area (Å²) in [5.41, 5.74) is 5.65. The van der Waals surface area contributed by atoms with Gasteiger partial charge in [0.1, 0.15) is 0 Å². The number of amides is 1. The van der Waals surface area contributed by atoms with E-state index in [9.17, 15) is 4.79 Å². The van der Waals surface area contributed by atoms with Gasteiger partial charge in [-0.1, -0.05) is 13.8 Å². The number of hydrogen-bond acceptors (Lipinski definition) is 2. The third-order valence-corrected chi connectivity index (χ3v) is 5.18. The number of hydrogen-bond donors (Lipinski definition) is 1. The molecule has 2 N–H and O–H groups in total. The molecule has 2 aliphatic rings. The molecule has 0 aliphatic heterocycles. The van der Waals surface area contributed by atoms with Gasteiger partial charge in [0.15, 0.2) is 0 Å². The zero-order chi connectivity index (χ0) is 13.3. The van der Waals surface area contributed by atoms with Crippen LogP contribution in [0.5, 0.6) is 0 Å². The number of carbonyl (C=O) groups excluding carboxylic acids is 1. The van der Waals surface area contributed by atoms with Gasteiger partial charge in [-0.25, -0.2) is 0 Å². The summed E-state index contributed by atoms with van der Waals surface area (Å²) in [6.07, 6.45) is 6.81. The zero-order valence-electron chi connectivity index (χ0n) is 12.1. The Kier molecular flexibility index (Phi) is 4.00. The standard InChI is InChI=1S/C15H28N2O/c1-11-4-6-13(7-5-11)17(3)14(18)15(10-16)8-12(2)9-15/h11-13H,4-10,16H2,1-3H3. The Balaban J connectivity index is 1.96. The summed E-state index contributed by atoms with van der Waals surface area (Å²) < 4.78 is 0. The second kappa shape index (κ2) is 5.20. The van der Waals surface area contributed by atoms with Crippen molar-refractivity contribution in [3.63, 3.8) is 0 Å². The zero-order valence-corrected chi connectivity index (χ0v) is 12.1. The van der Waals surface area contributed by atoms with E-state index in [0.717, 1.165) is 18.8 Å². The molecule has 18 heavy (non-hydrogen) atoms. The maximum atomic E-state index is 12.7. The van der Waals surface area contributed by atoms with E-state index in [2.05, 4.69) is 13.8 Å². The molecule has 3 nitrogen and oxygen atoms in total. The maximum absolute atomic E-state index is 12.7. The molecule has 3 heteroatoms. The van der Waals surface area contributed by atoms with Crippen molar-refractivity contribution in [2.45, 2.75) is 58.4 Å². The van der Waals surface area contributed by atoms with Gasteiger partial charge in [-0.3, -0.25) is 4.79 Å². The molecule has 0 spiro atoms. The fourth-order valence-electron chi connectivity index (χ4n) is 3.87. The normalized spacial score (nSPS) is 40.1. The lowest BCUT2D eigenvalue weighted by Crippen LogP contribution is -2.56. The smallest absolute Gasteiger partial charge is 0.230 e. The van der Waals surface area contributed by atoms with Crippen LogP contribution in [0.3, 0.4) is 0 Å². The van der Waals surface area contributed by atoms with Crippen molar-refractivity contribution in [3.8, 4) is 0 Å². The topological polar surface area (TPSA) is 46.3 Å². The van der Waals surface area contributed by atoms with E-state index in [1.54, 1.807) is 0 Å². The molecule has 2 aliphatic carbocycles.